The van der Waals surface area contributed by atoms with E-state index in [9.17, 15) is 4.79 Å². The number of amides is 1. The molecule has 1 fully saturated rings. The summed E-state index contributed by atoms with van der Waals surface area (Å²) in [4.78, 5) is 11.9. The van der Waals surface area contributed by atoms with Gasteiger partial charge in [-0.25, -0.2) is 0 Å². The molecule has 1 saturated carbocycles. The first-order valence-electron chi connectivity index (χ1n) is 6.50. The number of hydrogen-bond donors (Lipinski definition) is 2. The lowest BCUT2D eigenvalue weighted by molar-refractivity contribution is 0.0935. The SMILES string of the molecule is CNc1nnc(C(=O)NCC2CCCCC2C)s1. The molecule has 100 valence electrons. The van der Waals surface area contributed by atoms with E-state index in [2.05, 4.69) is 27.8 Å². The number of carbonyl (C=O) groups is 1. The molecule has 0 aliphatic heterocycles. The molecule has 5 nitrogen and oxygen atoms in total. The first-order valence-corrected chi connectivity index (χ1v) is 7.32. The molecule has 2 rings (SSSR count). The molecule has 0 saturated heterocycles. The number of anilines is 1. The smallest absolute Gasteiger partial charge is 0.282 e. The Morgan fingerprint density at radius 3 is 2.83 bits per heavy atom. The first-order chi connectivity index (χ1) is 8.70. The normalized spacial score (nSPS) is 23.7. The Morgan fingerprint density at radius 2 is 2.17 bits per heavy atom. The maximum Gasteiger partial charge on any atom is 0.282 e. The van der Waals surface area contributed by atoms with Crippen molar-refractivity contribution in [3.05, 3.63) is 5.01 Å². The van der Waals surface area contributed by atoms with Gasteiger partial charge in [0.05, 0.1) is 0 Å². The summed E-state index contributed by atoms with van der Waals surface area (Å²) in [6.07, 6.45) is 5.11. The van der Waals surface area contributed by atoms with Crippen LogP contribution in [0.3, 0.4) is 0 Å². The van der Waals surface area contributed by atoms with Crippen molar-refractivity contribution < 1.29 is 4.79 Å². The highest BCUT2D eigenvalue weighted by Gasteiger charge is 2.22. The van der Waals surface area contributed by atoms with Crippen LogP contribution in [0.1, 0.15) is 42.4 Å². The van der Waals surface area contributed by atoms with Crippen LogP contribution in [-0.2, 0) is 0 Å². The molecule has 6 heteroatoms. The van der Waals surface area contributed by atoms with Gasteiger partial charge in [-0.05, 0) is 18.3 Å². The van der Waals surface area contributed by atoms with Crippen molar-refractivity contribution >= 4 is 22.4 Å². The number of hydrogen-bond acceptors (Lipinski definition) is 5. The fourth-order valence-electron chi connectivity index (χ4n) is 2.41. The lowest BCUT2D eigenvalue weighted by atomic mass is 9.80. The molecule has 1 aliphatic rings. The molecule has 2 atom stereocenters. The highest BCUT2D eigenvalue weighted by atomic mass is 32.1. The maximum absolute atomic E-state index is 11.9. The van der Waals surface area contributed by atoms with Crippen LogP contribution in [0, 0.1) is 11.8 Å². The van der Waals surface area contributed by atoms with Crippen molar-refractivity contribution in [1.29, 1.82) is 0 Å². The van der Waals surface area contributed by atoms with Crippen molar-refractivity contribution in [2.75, 3.05) is 18.9 Å². The molecule has 0 radical (unpaired) electrons. The van der Waals surface area contributed by atoms with Crippen molar-refractivity contribution in [3.8, 4) is 0 Å². The summed E-state index contributed by atoms with van der Waals surface area (Å²) >= 11 is 1.28. The van der Waals surface area contributed by atoms with Gasteiger partial charge >= 0.3 is 0 Å². The third-order valence-corrected chi connectivity index (χ3v) is 4.59. The highest BCUT2D eigenvalue weighted by molar-refractivity contribution is 7.17. The Balaban J connectivity index is 1.84. The second-order valence-corrected chi connectivity index (χ2v) is 5.87. The van der Waals surface area contributed by atoms with Crippen molar-refractivity contribution in [3.63, 3.8) is 0 Å². The fraction of sp³-hybridized carbons (Fsp3) is 0.750. The zero-order chi connectivity index (χ0) is 13.0. The van der Waals surface area contributed by atoms with Gasteiger partial charge in [-0.15, -0.1) is 10.2 Å². The van der Waals surface area contributed by atoms with Gasteiger partial charge in [0.25, 0.3) is 5.91 Å². The predicted octanol–water partition coefficient (Wildman–Crippen LogP) is 2.14. The number of rotatable bonds is 4. The third kappa shape index (κ3) is 3.19. The van der Waals surface area contributed by atoms with Crippen LogP contribution in [-0.4, -0.2) is 29.7 Å². The van der Waals surface area contributed by atoms with E-state index in [1.54, 1.807) is 7.05 Å². The lowest BCUT2D eigenvalue weighted by Gasteiger charge is -2.28. The van der Waals surface area contributed by atoms with E-state index in [1.165, 1.54) is 37.0 Å². The molecule has 1 amide bonds. The van der Waals surface area contributed by atoms with Gasteiger partial charge in [0.2, 0.25) is 10.1 Å². The standard InChI is InChI=1S/C12H20N4OS/c1-8-5-3-4-6-9(8)7-14-10(17)11-15-16-12(13-2)18-11/h8-9H,3-7H2,1-2H3,(H,13,16)(H,14,17). The highest BCUT2D eigenvalue weighted by Crippen LogP contribution is 2.28. The molecule has 1 aromatic rings. The topological polar surface area (TPSA) is 66.9 Å². The molecule has 1 aromatic heterocycles. The van der Waals surface area contributed by atoms with Gasteiger partial charge in [0.1, 0.15) is 0 Å². The number of nitrogens with zero attached hydrogens (tertiary/aromatic N) is 2. The van der Waals surface area contributed by atoms with Crippen LogP contribution >= 0.6 is 11.3 Å². The van der Waals surface area contributed by atoms with Gasteiger partial charge in [-0.3, -0.25) is 4.79 Å². The second-order valence-electron chi connectivity index (χ2n) is 4.89. The summed E-state index contributed by atoms with van der Waals surface area (Å²) in [5.74, 6) is 1.22. The van der Waals surface area contributed by atoms with Crippen LogP contribution in [0.2, 0.25) is 0 Å². The van der Waals surface area contributed by atoms with E-state index in [0.29, 0.717) is 22.0 Å². The van der Waals surface area contributed by atoms with Gasteiger partial charge in [-0.2, -0.15) is 0 Å². The molecule has 2 N–H and O–H groups in total. The van der Waals surface area contributed by atoms with E-state index in [1.807, 2.05) is 0 Å². The quantitative estimate of drug-likeness (QED) is 0.878. The Bertz CT molecular complexity index is 407. The summed E-state index contributed by atoms with van der Waals surface area (Å²) in [5, 5.41) is 14.7. The van der Waals surface area contributed by atoms with Crippen LogP contribution in [0.15, 0.2) is 0 Å². The Labute approximate surface area is 111 Å². The molecule has 18 heavy (non-hydrogen) atoms. The summed E-state index contributed by atoms with van der Waals surface area (Å²) in [7, 11) is 1.77. The Kier molecular flexibility index (Phi) is 4.52. The average molecular weight is 268 g/mol. The van der Waals surface area contributed by atoms with E-state index >= 15 is 0 Å². The van der Waals surface area contributed by atoms with Crippen molar-refractivity contribution in [2.45, 2.75) is 32.6 Å². The zero-order valence-corrected chi connectivity index (χ0v) is 11.7. The Morgan fingerprint density at radius 1 is 1.39 bits per heavy atom. The molecule has 1 aliphatic carbocycles. The molecule has 0 bridgehead atoms. The van der Waals surface area contributed by atoms with Crippen molar-refractivity contribution in [1.82, 2.24) is 15.5 Å². The fourth-order valence-corrected chi connectivity index (χ4v) is 3.03. The van der Waals surface area contributed by atoms with E-state index < -0.39 is 0 Å². The maximum atomic E-state index is 11.9. The van der Waals surface area contributed by atoms with Gasteiger partial charge in [0, 0.05) is 13.6 Å². The average Bonchev–Trinajstić information content (AvgIpc) is 2.86. The molecule has 2 unspecified atom stereocenters. The monoisotopic (exact) mass is 268 g/mol. The molecular weight excluding hydrogens is 248 g/mol. The van der Waals surface area contributed by atoms with Crippen LogP contribution in [0.4, 0.5) is 5.13 Å². The third-order valence-electron chi connectivity index (χ3n) is 3.65. The van der Waals surface area contributed by atoms with E-state index in [4.69, 9.17) is 0 Å². The van der Waals surface area contributed by atoms with Crippen LogP contribution in [0.5, 0.6) is 0 Å². The van der Waals surface area contributed by atoms with Crippen molar-refractivity contribution in [2.24, 2.45) is 11.8 Å². The first kappa shape index (κ1) is 13.3. The second kappa shape index (κ2) is 6.13. The van der Waals surface area contributed by atoms with Crippen LogP contribution in [0.25, 0.3) is 0 Å². The molecule has 1 heterocycles. The minimum atomic E-state index is -0.105. The molecular formula is C12H20N4OS. The van der Waals surface area contributed by atoms with E-state index in [-0.39, 0.29) is 5.91 Å². The minimum absolute atomic E-state index is 0.105. The van der Waals surface area contributed by atoms with Gasteiger partial charge < -0.3 is 10.6 Å². The predicted molar refractivity (Wildman–Crippen MR) is 72.9 cm³/mol. The molecule has 0 spiro atoms. The summed E-state index contributed by atoms with van der Waals surface area (Å²) < 4.78 is 0. The lowest BCUT2D eigenvalue weighted by Crippen LogP contribution is -2.33. The summed E-state index contributed by atoms with van der Waals surface area (Å²) in [6.45, 7) is 3.04. The van der Waals surface area contributed by atoms with E-state index in [0.717, 1.165) is 6.54 Å². The van der Waals surface area contributed by atoms with Gasteiger partial charge in [0.15, 0.2) is 0 Å². The number of carbonyl (C=O) groups excluding carboxylic acids is 1. The summed E-state index contributed by atoms with van der Waals surface area (Å²) in [6, 6.07) is 0. The number of nitrogens with one attached hydrogen (secondary N) is 2. The zero-order valence-electron chi connectivity index (χ0n) is 10.9. The van der Waals surface area contributed by atoms with Crippen LogP contribution < -0.4 is 10.6 Å². The Hall–Kier alpha value is -1.17. The molecule has 0 aromatic carbocycles. The minimum Gasteiger partial charge on any atom is -0.363 e. The van der Waals surface area contributed by atoms with Gasteiger partial charge in [-0.1, -0.05) is 37.5 Å². The number of aromatic nitrogens is 2. The summed E-state index contributed by atoms with van der Waals surface area (Å²) in [5.41, 5.74) is 0. The largest absolute Gasteiger partial charge is 0.363 e.